The van der Waals surface area contributed by atoms with Crippen molar-refractivity contribution in [2.45, 2.75) is 31.3 Å². The van der Waals surface area contributed by atoms with Crippen LogP contribution in [0.1, 0.15) is 29.8 Å². The second-order valence-electron chi connectivity index (χ2n) is 6.02. The zero-order chi connectivity index (χ0) is 15.2. The van der Waals surface area contributed by atoms with Crippen LogP contribution in [0.25, 0.3) is 0 Å². The molecule has 0 aromatic carbocycles. The first kappa shape index (κ1) is 15.5. The zero-order valence-corrected chi connectivity index (χ0v) is 12.8. The molecule has 6 nitrogen and oxygen atoms in total. The van der Waals surface area contributed by atoms with E-state index in [1.807, 2.05) is 0 Å². The number of morpholine rings is 1. The maximum atomic E-state index is 11.8. The fraction of sp³-hybridized carbons (Fsp3) is 0.688. The summed E-state index contributed by atoms with van der Waals surface area (Å²) < 4.78 is 10.7. The molecule has 1 aromatic heterocycles. The van der Waals surface area contributed by atoms with Crippen LogP contribution >= 0.6 is 0 Å². The predicted octanol–water partition coefficient (Wildman–Crippen LogP) is 0.756. The molecule has 3 N–H and O–H groups in total. The van der Waals surface area contributed by atoms with Crippen molar-refractivity contribution in [3.8, 4) is 0 Å². The maximum absolute atomic E-state index is 11.8. The minimum atomic E-state index is -0.155. The van der Waals surface area contributed by atoms with Crippen molar-refractivity contribution in [3.63, 3.8) is 0 Å². The quantitative estimate of drug-likeness (QED) is 0.677. The van der Waals surface area contributed by atoms with Crippen molar-refractivity contribution in [2.75, 3.05) is 32.8 Å². The molecule has 2 aliphatic rings. The summed E-state index contributed by atoms with van der Waals surface area (Å²) in [7, 11) is 0. The average Bonchev–Trinajstić information content (AvgIpc) is 3.23. The molecule has 3 rings (SSSR count). The molecule has 3 atom stereocenters. The van der Waals surface area contributed by atoms with Crippen LogP contribution < -0.4 is 16.0 Å². The number of nitrogens with one attached hydrogen (secondary N) is 3. The molecule has 1 aromatic rings. The van der Waals surface area contributed by atoms with E-state index in [2.05, 4.69) is 16.0 Å². The summed E-state index contributed by atoms with van der Waals surface area (Å²) >= 11 is 0. The second kappa shape index (κ2) is 7.76. The Morgan fingerprint density at radius 1 is 1.36 bits per heavy atom. The van der Waals surface area contributed by atoms with Crippen molar-refractivity contribution in [3.05, 3.63) is 24.2 Å². The van der Waals surface area contributed by atoms with Gasteiger partial charge in [-0.3, -0.25) is 4.79 Å². The SMILES string of the molecule is O=C(NCCNC1CCCC1C1COCCN1)c1ccco1. The highest BCUT2D eigenvalue weighted by Gasteiger charge is 2.34. The molecule has 0 bridgehead atoms. The van der Waals surface area contributed by atoms with E-state index < -0.39 is 0 Å². The highest BCUT2D eigenvalue weighted by molar-refractivity contribution is 5.91. The Morgan fingerprint density at radius 2 is 2.32 bits per heavy atom. The van der Waals surface area contributed by atoms with Crippen molar-refractivity contribution in [2.24, 2.45) is 5.92 Å². The molecule has 2 heterocycles. The molecule has 0 radical (unpaired) electrons. The largest absolute Gasteiger partial charge is 0.459 e. The molecule has 0 spiro atoms. The van der Waals surface area contributed by atoms with Crippen LogP contribution in [0, 0.1) is 5.92 Å². The minimum Gasteiger partial charge on any atom is -0.459 e. The number of furan rings is 1. The fourth-order valence-corrected chi connectivity index (χ4v) is 3.51. The van der Waals surface area contributed by atoms with Gasteiger partial charge in [0.05, 0.1) is 19.5 Å². The van der Waals surface area contributed by atoms with Gasteiger partial charge in [-0.1, -0.05) is 6.42 Å². The second-order valence-corrected chi connectivity index (χ2v) is 6.02. The van der Waals surface area contributed by atoms with Gasteiger partial charge in [0, 0.05) is 31.7 Å². The lowest BCUT2D eigenvalue weighted by atomic mass is 9.94. The van der Waals surface area contributed by atoms with E-state index in [0.717, 1.165) is 26.3 Å². The Balaban J connectivity index is 1.38. The molecular formula is C16H25N3O3. The molecule has 22 heavy (non-hydrogen) atoms. The van der Waals surface area contributed by atoms with Crippen molar-refractivity contribution >= 4 is 5.91 Å². The van der Waals surface area contributed by atoms with Gasteiger partial charge in [0.2, 0.25) is 0 Å². The van der Waals surface area contributed by atoms with E-state index in [-0.39, 0.29) is 5.91 Å². The molecule has 1 amide bonds. The zero-order valence-electron chi connectivity index (χ0n) is 12.8. The van der Waals surface area contributed by atoms with E-state index >= 15 is 0 Å². The van der Waals surface area contributed by atoms with Gasteiger partial charge < -0.3 is 25.1 Å². The van der Waals surface area contributed by atoms with Gasteiger partial charge in [-0.25, -0.2) is 0 Å². The van der Waals surface area contributed by atoms with Gasteiger partial charge >= 0.3 is 0 Å². The van der Waals surface area contributed by atoms with Gasteiger partial charge in [0.15, 0.2) is 5.76 Å². The molecule has 1 saturated carbocycles. The third kappa shape index (κ3) is 3.88. The lowest BCUT2D eigenvalue weighted by Crippen LogP contribution is -2.51. The standard InChI is InChI=1S/C16H25N3O3/c20-16(15-5-2-9-22-15)19-7-6-17-13-4-1-3-12(13)14-11-21-10-8-18-14/h2,5,9,12-14,17-18H,1,3-4,6-8,10-11H2,(H,19,20). The van der Waals surface area contributed by atoms with E-state index in [1.165, 1.54) is 25.5 Å². The number of hydrogen-bond acceptors (Lipinski definition) is 5. The fourth-order valence-electron chi connectivity index (χ4n) is 3.51. The first-order valence-corrected chi connectivity index (χ1v) is 8.21. The summed E-state index contributed by atoms with van der Waals surface area (Å²) in [5.74, 6) is 0.834. The highest BCUT2D eigenvalue weighted by atomic mass is 16.5. The summed E-state index contributed by atoms with van der Waals surface area (Å²) in [6.45, 7) is 3.98. The number of carbonyl (C=O) groups is 1. The Morgan fingerprint density at radius 3 is 3.09 bits per heavy atom. The Kier molecular flexibility index (Phi) is 5.48. The summed E-state index contributed by atoms with van der Waals surface area (Å²) in [6, 6.07) is 4.37. The van der Waals surface area contributed by atoms with Gasteiger partial charge in [-0.15, -0.1) is 0 Å². The first-order valence-electron chi connectivity index (χ1n) is 8.21. The monoisotopic (exact) mass is 307 g/mol. The molecule has 1 saturated heterocycles. The maximum Gasteiger partial charge on any atom is 0.287 e. The summed E-state index contributed by atoms with van der Waals surface area (Å²) in [6.07, 6.45) is 5.22. The first-order chi connectivity index (χ1) is 10.8. The van der Waals surface area contributed by atoms with Gasteiger partial charge in [0.1, 0.15) is 0 Å². The smallest absolute Gasteiger partial charge is 0.287 e. The normalized spacial score (nSPS) is 28.6. The third-order valence-corrected chi connectivity index (χ3v) is 4.60. The molecular weight excluding hydrogens is 282 g/mol. The van der Waals surface area contributed by atoms with Crippen LogP contribution in [0.2, 0.25) is 0 Å². The van der Waals surface area contributed by atoms with Crippen LogP contribution in [0.4, 0.5) is 0 Å². The van der Waals surface area contributed by atoms with Crippen molar-refractivity contribution in [1.82, 2.24) is 16.0 Å². The van der Waals surface area contributed by atoms with Gasteiger partial charge in [0.25, 0.3) is 5.91 Å². The predicted molar refractivity (Wildman–Crippen MR) is 82.8 cm³/mol. The van der Waals surface area contributed by atoms with E-state index in [9.17, 15) is 4.79 Å². The Labute approximate surface area is 131 Å². The number of amides is 1. The lowest BCUT2D eigenvalue weighted by molar-refractivity contribution is 0.0526. The number of carbonyl (C=O) groups excluding carboxylic acids is 1. The third-order valence-electron chi connectivity index (χ3n) is 4.60. The molecule has 1 aliphatic heterocycles. The Bertz CT molecular complexity index is 457. The van der Waals surface area contributed by atoms with Gasteiger partial charge in [-0.05, 0) is 30.9 Å². The van der Waals surface area contributed by atoms with Crippen LogP contribution in [0.15, 0.2) is 22.8 Å². The number of rotatable bonds is 6. The average molecular weight is 307 g/mol. The number of hydrogen-bond donors (Lipinski definition) is 3. The summed E-state index contributed by atoms with van der Waals surface area (Å²) in [5.41, 5.74) is 0. The van der Waals surface area contributed by atoms with Gasteiger partial charge in [-0.2, -0.15) is 0 Å². The summed E-state index contributed by atoms with van der Waals surface area (Å²) in [5, 5.41) is 10.0. The lowest BCUT2D eigenvalue weighted by Gasteiger charge is -2.33. The molecule has 6 heteroatoms. The van der Waals surface area contributed by atoms with Crippen LogP contribution in [-0.2, 0) is 4.74 Å². The minimum absolute atomic E-state index is 0.155. The Hall–Kier alpha value is -1.37. The topological polar surface area (TPSA) is 75.5 Å². The van der Waals surface area contributed by atoms with Crippen molar-refractivity contribution < 1.29 is 13.9 Å². The molecule has 3 unspecified atom stereocenters. The van der Waals surface area contributed by atoms with E-state index in [1.54, 1.807) is 12.1 Å². The van der Waals surface area contributed by atoms with Crippen molar-refractivity contribution in [1.29, 1.82) is 0 Å². The van der Waals surface area contributed by atoms with E-state index in [0.29, 0.717) is 30.3 Å². The van der Waals surface area contributed by atoms with E-state index in [4.69, 9.17) is 9.15 Å². The van der Waals surface area contributed by atoms with Crippen LogP contribution in [0.3, 0.4) is 0 Å². The molecule has 1 aliphatic carbocycles. The van der Waals surface area contributed by atoms with Crippen LogP contribution in [-0.4, -0.2) is 50.8 Å². The molecule has 2 fully saturated rings. The number of ether oxygens (including phenoxy) is 1. The summed E-state index contributed by atoms with van der Waals surface area (Å²) in [4.78, 5) is 11.8. The molecule has 122 valence electrons. The highest BCUT2D eigenvalue weighted by Crippen LogP contribution is 2.29. The van der Waals surface area contributed by atoms with Crippen LogP contribution in [0.5, 0.6) is 0 Å².